The number of ether oxygens (including phenoxy) is 1. The number of pyridine rings is 1. The van der Waals surface area contributed by atoms with Gasteiger partial charge in [0, 0.05) is 12.3 Å². The van der Waals surface area contributed by atoms with Gasteiger partial charge in [-0.15, -0.1) is 11.8 Å². The minimum Gasteiger partial charge on any atom is -0.473 e. The van der Waals surface area contributed by atoms with Crippen LogP contribution in [0.2, 0.25) is 0 Å². The summed E-state index contributed by atoms with van der Waals surface area (Å²) in [7, 11) is 4.12. The Hall–Kier alpha value is -0.940. The van der Waals surface area contributed by atoms with Gasteiger partial charge in [-0.05, 0) is 40.1 Å². The van der Waals surface area contributed by atoms with Crippen molar-refractivity contribution < 1.29 is 4.74 Å². The molecule has 0 saturated carbocycles. The van der Waals surface area contributed by atoms with Crippen LogP contribution >= 0.6 is 11.8 Å². The predicted molar refractivity (Wildman–Crippen MR) is 73.7 cm³/mol. The average Bonchev–Trinajstić information content (AvgIpc) is 2.21. The summed E-state index contributed by atoms with van der Waals surface area (Å²) in [6.07, 6.45) is 0.0897. The van der Waals surface area contributed by atoms with E-state index in [0.717, 1.165) is 17.3 Å². The maximum Gasteiger partial charge on any atom is 0.238 e. The van der Waals surface area contributed by atoms with Crippen LogP contribution in [0.25, 0.3) is 0 Å². The Bertz CT molecular complexity index is 356. The molecule has 0 atom stereocenters. The highest BCUT2D eigenvalue weighted by molar-refractivity contribution is 7.99. The van der Waals surface area contributed by atoms with E-state index in [-0.39, 0.29) is 6.10 Å². The average molecular weight is 255 g/mol. The molecule has 0 aliphatic rings. The number of hydrogen-bond acceptors (Lipinski definition) is 5. The second-order valence-electron chi connectivity index (χ2n) is 4.36. The van der Waals surface area contributed by atoms with E-state index in [2.05, 4.69) is 24.0 Å². The molecule has 0 bridgehead atoms. The van der Waals surface area contributed by atoms with E-state index < -0.39 is 0 Å². The molecule has 0 amide bonds. The third-order valence-corrected chi connectivity index (χ3v) is 2.91. The van der Waals surface area contributed by atoms with Gasteiger partial charge in [0.1, 0.15) is 5.03 Å². The lowest BCUT2D eigenvalue weighted by molar-refractivity contribution is 0.232. The summed E-state index contributed by atoms with van der Waals surface area (Å²) in [4.78, 5) is 6.56. The van der Waals surface area contributed by atoms with Crippen LogP contribution in [0.1, 0.15) is 13.8 Å². The minimum atomic E-state index is 0.0897. The summed E-state index contributed by atoms with van der Waals surface area (Å²) in [6, 6.07) is 3.78. The zero-order valence-electron chi connectivity index (χ0n) is 10.9. The van der Waals surface area contributed by atoms with E-state index in [1.165, 1.54) is 0 Å². The number of anilines is 1. The molecule has 0 unspecified atom stereocenters. The van der Waals surface area contributed by atoms with Gasteiger partial charge in [0.15, 0.2) is 0 Å². The van der Waals surface area contributed by atoms with Crippen LogP contribution in [0.15, 0.2) is 17.2 Å². The van der Waals surface area contributed by atoms with Crippen molar-refractivity contribution in [1.82, 2.24) is 9.88 Å². The summed E-state index contributed by atoms with van der Waals surface area (Å²) < 4.78 is 5.55. The van der Waals surface area contributed by atoms with Gasteiger partial charge in [-0.25, -0.2) is 4.98 Å². The smallest absolute Gasteiger partial charge is 0.238 e. The van der Waals surface area contributed by atoms with E-state index >= 15 is 0 Å². The van der Waals surface area contributed by atoms with Crippen molar-refractivity contribution in [2.45, 2.75) is 25.0 Å². The molecule has 0 radical (unpaired) electrons. The summed E-state index contributed by atoms with van der Waals surface area (Å²) in [5.41, 5.74) is 6.40. The van der Waals surface area contributed by atoms with E-state index in [0.29, 0.717) is 11.6 Å². The Morgan fingerprint density at radius 2 is 2.12 bits per heavy atom. The zero-order chi connectivity index (χ0) is 12.8. The van der Waals surface area contributed by atoms with Gasteiger partial charge in [-0.3, -0.25) is 0 Å². The number of rotatable bonds is 6. The van der Waals surface area contributed by atoms with Crippen LogP contribution in [0, 0.1) is 0 Å². The molecule has 0 aliphatic heterocycles. The number of thioether (sulfide) groups is 1. The summed E-state index contributed by atoms with van der Waals surface area (Å²) >= 11 is 1.71. The standard InChI is InChI=1S/C12H21N3OS/c1-9(2)16-12-10(13)5-6-11(14-12)17-8-7-15(3)4/h5-6,9H,7-8,13H2,1-4H3. The fourth-order valence-corrected chi connectivity index (χ4v) is 2.14. The molecular weight excluding hydrogens is 234 g/mol. The first-order chi connectivity index (χ1) is 7.99. The lowest BCUT2D eigenvalue weighted by atomic mass is 10.4. The van der Waals surface area contributed by atoms with Gasteiger partial charge >= 0.3 is 0 Å². The van der Waals surface area contributed by atoms with Crippen molar-refractivity contribution in [2.75, 3.05) is 32.1 Å². The van der Waals surface area contributed by atoms with Crippen molar-refractivity contribution >= 4 is 17.4 Å². The normalized spacial score (nSPS) is 11.2. The van der Waals surface area contributed by atoms with E-state index in [1.54, 1.807) is 11.8 Å². The molecule has 1 aromatic heterocycles. The molecule has 5 heteroatoms. The fraction of sp³-hybridized carbons (Fsp3) is 0.583. The number of aromatic nitrogens is 1. The van der Waals surface area contributed by atoms with Crippen LogP contribution in [0.5, 0.6) is 5.88 Å². The molecule has 1 heterocycles. The predicted octanol–water partition coefficient (Wildman–Crippen LogP) is 2.10. The van der Waals surface area contributed by atoms with Crippen LogP contribution in [-0.4, -0.2) is 42.4 Å². The summed E-state index contributed by atoms with van der Waals surface area (Å²) in [5, 5.41) is 0.955. The summed E-state index contributed by atoms with van der Waals surface area (Å²) in [6.45, 7) is 4.96. The number of nitrogen functional groups attached to an aromatic ring is 1. The molecule has 96 valence electrons. The number of nitrogens with two attached hydrogens (primary N) is 1. The SMILES string of the molecule is CC(C)Oc1nc(SCCN(C)C)ccc1N. The molecule has 0 aromatic carbocycles. The minimum absolute atomic E-state index is 0.0897. The van der Waals surface area contributed by atoms with Gasteiger partial charge in [0.2, 0.25) is 5.88 Å². The second-order valence-corrected chi connectivity index (χ2v) is 5.48. The van der Waals surface area contributed by atoms with Crippen LogP contribution in [0.3, 0.4) is 0 Å². The number of nitrogens with zero attached hydrogens (tertiary/aromatic N) is 2. The topological polar surface area (TPSA) is 51.4 Å². The Morgan fingerprint density at radius 3 is 2.71 bits per heavy atom. The van der Waals surface area contributed by atoms with Crippen LogP contribution in [-0.2, 0) is 0 Å². The highest BCUT2D eigenvalue weighted by Crippen LogP contribution is 2.24. The van der Waals surface area contributed by atoms with Gasteiger partial charge < -0.3 is 15.4 Å². The van der Waals surface area contributed by atoms with E-state index in [1.807, 2.05) is 26.0 Å². The lowest BCUT2D eigenvalue weighted by Gasteiger charge is -2.12. The molecule has 4 nitrogen and oxygen atoms in total. The summed E-state index contributed by atoms with van der Waals surface area (Å²) in [5.74, 6) is 1.54. The molecule has 1 rings (SSSR count). The quantitative estimate of drug-likeness (QED) is 0.789. The highest BCUT2D eigenvalue weighted by Gasteiger charge is 2.06. The Kier molecular flexibility index (Phi) is 5.58. The lowest BCUT2D eigenvalue weighted by Crippen LogP contribution is -2.15. The van der Waals surface area contributed by atoms with Crippen LogP contribution < -0.4 is 10.5 Å². The van der Waals surface area contributed by atoms with Crippen molar-refractivity contribution in [3.63, 3.8) is 0 Å². The van der Waals surface area contributed by atoms with Gasteiger partial charge in [0.25, 0.3) is 0 Å². The maximum absolute atomic E-state index is 5.81. The van der Waals surface area contributed by atoms with Crippen molar-refractivity contribution in [3.05, 3.63) is 12.1 Å². The molecule has 0 aliphatic carbocycles. The maximum atomic E-state index is 5.81. The first-order valence-electron chi connectivity index (χ1n) is 5.69. The molecule has 2 N–H and O–H groups in total. The van der Waals surface area contributed by atoms with E-state index in [4.69, 9.17) is 10.5 Å². The van der Waals surface area contributed by atoms with Crippen molar-refractivity contribution in [1.29, 1.82) is 0 Å². The Morgan fingerprint density at radius 1 is 1.41 bits per heavy atom. The van der Waals surface area contributed by atoms with Crippen molar-refractivity contribution in [2.24, 2.45) is 0 Å². The Labute approximate surface area is 108 Å². The Balaban J connectivity index is 2.61. The van der Waals surface area contributed by atoms with E-state index in [9.17, 15) is 0 Å². The molecule has 17 heavy (non-hydrogen) atoms. The second kappa shape index (κ2) is 6.71. The largest absolute Gasteiger partial charge is 0.473 e. The van der Waals surface area contributed by atoms with Crippen molar-refractivity contribution in [3.8, 4) is 5.88 Å². The fourth-order valence-electron chi connectivity index (χ4n) is 1.17. The molecule has 1 aromatic rings. The molecule has 0 saturated heterocycles. The highest BCUT2D eigenvalue weighted by atomic mass is 32.2. The van der Waals surface area contributed by atoms with Gasteiger partial charge in [0.05, 0.1) is 11.8 Å². The first-order valence-corrected chi connectivity index (χ1v) is 6.68. The molecule has 0 fully saturated rings. The monoisotopic (exact) mass is 255 g/mol. The van der Waals surface area contributed by atoms with Gasteiger partial charge in [-0.2, -0.15) is 0 Å². The molecule has 0 spiro atoms. The molecular formula is C12H21N3OS. The number of hydrogen-bond donors (Lipinski definition) is 1. The van der Waals surface area contributed by atoms with Gasteiger partial charge in [-0.1, -0.05) is 0 Å². The third-order valence-electron chi connectivity index (χ3n) is 2.00. The van der Waals surface area contributed by atoms with Crippen LogP contribution in [0.4, 0.5) is 5.69 Å². The first kappa shape index (κ1) is 14.1. The third kappa shape index (κ3) is 5.28. The zero-order valence-corrected chi connectivity index (χ0v) is 11.8.